The minimum atomic E-state index is -0.405. The van der Waals surface area contributed by atoms with Crippen molar-refractivity contribution in [3.63, 3.8) is 0 Å². The van der Waals surface area contributed by atoms with Gasteiger partial charge < -0.3 is 15.8 Å². The van der Waals surface area contributed by atoms with Gasteiger partial charge in [-0.05, 0) is 33.3 Å². The first-order chi connectivity index (χ1) is 8.89. The van der Waals surface area contributed by atoms with Crippen LogP contribution < -0.4 is 11.1 Å². The maximum Gasteiger partial charge on any atom is 0.341 e. The number of nitrogens with zero attached hydrogens (tertiary/aromatic N) is 1. The summed E-state index contributed by atoms with van der Waals surface area (Å²) < 4.78 is 5.02. The Kier molecular flexibility index (Phi) is 5.15. The number of hydrogen-bond acceptors (Lipinski definition) is 5. The summed E-state index contributed by atoms with van der Waals surface area (Å²) in [5.74, 6) is 0.114. The average Bonchev–Trinajstić information content (AvgIpc) is 2.31. The second-order valence-corrected chi connectivity index (χ2v) is 5.14. The van der Waals surface area contributed by atoms with Crippen molar-refractivity contribution in [1.29, 1.82) is 0 Å². The molecule has 0 radical (unpaired) electrons. The summed E-state index contributed by atoms with van der Waals surface area (Å²) in [4.78, 5) is 16.1. The molecule has 0 aliphatic carbocycles. The van der Waals surface area contributed by atoms with Crippen molar-refractivity contribution in [2.75, 3.05) is 17.7 Å². The Morgan fingerprint density at radius 3 is 2.74 bits per heavy atom. The van der Waals surface area contributed by atoms with Crippen LogP contribution >= 0.6 is 0 Å². The summed E-state index contributed by atoms with van der Waals surface area (Å²) in [5, 5.41) is 3.29. The number of esters is 1. The molecule has 5 heteroatoms. The zero-order valence-electron chi connectivity index (χ0n) is 12.1. The maximum absolute atomic E-state index is 11.9. The summed E-state index contributed by atoms with van der Waals surface area (Å²) in [5.41, 5.74) is 6.37. The number of pyridine rings is 1. The number of ether oxygens (including phenoxy) is 1. The van der Waals surface area contributed by atoms with Gasteiger partial charge in [-0.15, -0.1) is 0 Å². The van der Waals surface area contributed by atoms with Crippen molar-refractivity contribution in [2.45, 2.75) is 46.1 Å². The van der Waals surface area contributed by atoms with Gasteiger partial charge in [0.1, 0.15) is 11.4 Å². The minimum absolute atomic E-state index is 0.140. The first-order valence-electron chi connectivity index (χ1n) is 6.60. The molecule has 1 heterocycles. The van der Waals surface area contributed by atoms with Gasteiger partial charge in [-0.3, -0.25) is 0 Å². The number of hydrogen-bond donors (Lipinski definition) is 2. The first-order valence-corrected chi connectivity index (χ1v) is 6.60. The van der Waals surface area contributed by atoms with Gasteiger partial charge in [-0.2, -0.15) is 0 Å². The summed E-state index contributed by atoms with van der Waals surface area (Å²) >= 11 is 0. The van der Waals surface area contributed by atoms with E-state index in [1.165, 1.54) is 6.20 Å². The van der Waals surface area contributed by atoms with Gasteiger partial charge in [0.15, 0.2) is 0 Å². The normalized spacial score (nSPS) is 11.2. The molecule has 19 heavy (non-hydrogen) atoms. The van der Waals surface area contributed by atoms with E-state index in [-0.39, 0.29) is 5.54 Å². The first kappa shape index (κ1) is 15.3. The standard InChI is InChI=1S/C14H23N3O2/c1-5-7-14(3,4)17-12-11(13(18)19-6-2)8-10(15)9-16-12/h8-9H,5-7,15H2,1-4H3,(H,16,17). The van der Waals surface area contributed by atoms with E-state index in [9.17, 15) is 4.79 Å². The molecule has 0 bridgehead atoms. The van der Waals surface area contributed by atoms with E-state index in [0.29, 0.717) is 23.7 Å². The Morgan fingerprint density at radius 2 is 2.16 bits per heavy atom. The molecule has 0 saturated heterocycles. The van der Waals surface area contributed by atoms with Crippen LogP contribution in [0.3, 0.4) is 0 Å². The Hall–Kier alpha value is -1.78. The lowest BCUT2D eigenvalue weighted by Gasteiger charge is -2.27. The van der Waals surface area contributed by atoms with Crippen LogP contribution in [0.2, 0.25) is 0 Å². The smallest absolute Gasteiger partial charge is 0.341 e. The fourth-order valence-electron chi connectivity index (χ4n) is 1.95. The third-order valence-corrected chi connectivity index (χ3v) is 2.74. The quantitative estimate of drug-likeness (QED) is 0.773. The number of rotatable bonds is 6. The third-order valence-electron chi connectivity index (χ3n) is 2.74. The number of anilines is 2. The predicted octanol–water partition coefficient (Wildman–Crippen LogP) is 2.83. The molecule has 0 atom stereocenters. The van der Waals surface area contributed by atoms with E-state index in [1.54, 1.807) is 13.0 Å². The topological polar surface area (TPSA) is 77.2 Å². The molecule has 0 spiro atoms. The predicted molar refractivity (Wildman–Crippen MR) is 77.2 cm³/mol. The number of carbonyl (C=O) groups excluding carboxylic acids is 1. The molecule has 1 rings (SSSR count). The van der Waals surface area contributed by atoms with Crippen LogP contribution in [-0.2, 0) is 4.74 Å². The molecule has 3 N–H and O–H groups in total. The van der Waals surface area contributed by atoms with E-state index < -0.39 is 5.97 Å². The van der Waals surface area contributed by atoms with Crippen LogP contribution in [-0.4, -0.2) is 23.1 Å². The lowest BCUT2D eigenvalue weighted by atomic mass is 9.98. The Morgan fingerprint density at radius 1 is 1.47 bits per heavy atom. The largest absolute Gasteiger partial charge is 0.462 e. The van der Waals surface area contributed by atoms with Crippen LogP contribution in [0, 0.1) is 0 Å². The molecule has 1 aromatic heterocycles. The molecule has 0 saturated carbocycles. The lowest BCUT2D eigenvalue weighted by Crippen LogP contribution is -2.32. The SMILES string of the molecule is CCCC(C)(C)Nc1ncc(N)cc1C(=O)OCC. The number of carbonyl (C=O) groups is 1. The van der Waals surface area contributed by atoms with E-state index in [0.717, 1.165) is 12.8 Å². The second kappa shape index (κ2) is 6.41. The molecule has 0 amide bonds. The van der Waals surface area contributed by atoms with Gasteiger partial charge in [0.2, 0.25) is 0 Å². The Balaban J connectivity index is 3.03. The van der Waals surface area contributed by atoms with E-state index in [1.807, 2.05) is 0 Å². The molecule has 106 valence electrons. The number of aromatic nitrogens is 1. The van der Waals surface area contributed by atoms with Crippen molar-refractivity contribution in [3.05, 3.63) is 17.8 Å². The highest BCUT2D eigenvalue weighted by Crippen LogP contribution is 2.23. The van der Waals surface area contributed by atoms with Crippen LogP contribution in [0.1, 0.15) is 50.9 Å². The molecule has 0 aromatic carbocycles. The third kappa shape index (κ3) is 4.43. The van der Waals surface area contributed by atoms with Gasteiger partial charge in [-0.1, -0.05) is 13.3 Å². The van der Waals surface area contributed by atoms with Crippen molar-refractivity contribution < 1.29 is 9.53 Å². The molecule has 0 unspecified atom stereocenters. The molecule has 0 fully saturated rings. The van der Waals surface area contributed by atoms with Crippen LogP contribution in [0.25, 0.3) is 0 Å². The molecule has 1 aromatic rings. The highest BCUT2D eigenvalue weighted by Gasteiger charge is 2.21. The fraction of sp³-hybridized carbons (Fsp3) is 0.571. The number of nitrogen functional groups attached to an aromatic ring is 1. The van der Waals surface area contributed by atoms with Crippen molar-refractivity contribution in [1.82, 2.24) is 4.98 Å². The summed E-state index contributed by atoms with van der Waals surface area (Å²) in [6.07, 6.45) is 3.55. The highest BCUT2D eigenvalue weighted by molar-refractivity contribution is 5.95. The molecule has 0 aliphatic rings. The molecule has 0 aliphatic heterocycles. The van der Waals surface area contributed by atoms with E-state index in [4.69, 9.17) is 10.5 Å². The van der Waals surface area contributed by atoms with Crippen molar-refractivity contribution in [2.24, 2.45) is 0 Å². The van der Waals surface area contributed by atoms with Crippen LogP contribution in [0.5, 0.6) is 0 Å². The Labute approximate surface area is 114 Å². The van der Waals surface area contributed by atoms with Gasteiger partial charge in [0.25, 0.3) is 0 Å². The molecular formula is C14H23N3O2. The van der Waals surface area contributed by atoms with E-state index >= 15 is 0 Å². The van der Waals surface area contributed by atoms with Gasteiger partial charge in [0.05, 0.1) is 18.5 Å². The number of nitrogens with one attached hydrogen (secondary N) is 1. The second-order valence-electron chi connectivity index (χ2n) is 5.14. The summed E-state index contributed by atoms with van der Waals surface area (Å²) in [7, 11) is 0. The van der Waals surface area contributed by atoms with Gasteiger partial charge >= 0.3 is 5.97 Å². The van der Waals surface area contributed by atoms with Gasteiger partial charge in [-0.25, -0.2) is 9.78 Å². The zero-order chi connectivity index (χ0) is 14.5. The monoisotopic (exact) mass is 265 g/mol. The minimum Gasteiger partial charge on any atom is -0.462 e. The highest BCUT2D eigenvalue weighted by atomic mass is 16.5. The maximum atomic E-state index is 11.9. The van der Waals surface area contributed by atoms with Crippen molar-refractivity contribution >= 4 is 17.5 Å². The summed E-state index contributed by atoms with van der Waals surface area (Å²) in [6, 6.07) is 1.59. The number of nitrogens with two attached hydrogens (primary N) is 1. The summed E-state index contributed by atoms with van der Waals surface area (Å²) in [6.45, 7) is 8.36. The van der Waals surface area contributed by atoms with Crippen molar-refractivity contribution in [3.8, 4) is 0 Å². The van der Waals surface area contributed by atoms with Crippen LogP contribution in [0.4, 0.5) is 11.5 Å². The lowest BCUT2D eigenvalue weighted by molar-refractivity contribution is 0.0527. The average molecular weight is 265 g/mol. The molecular weight excluding hydrogens is 242 g/mol. The zero-order valence-corrected chi connectivity index (χ0v) is 12.1. The fourth-order valence-corrected chi connectivity index (χ4v) is 1.95. The Bertz CT molecular complexity index is 444. The van der Waals surface area contributed by atoms with Crippen LogP contribution in [0.15, 0.2) is 12.3 Å². The van der Waals surface area contributed by atoms with Gasteiger partial charge in [0, 0.05) is 5.54 Å². The van der Waals surface area contributed by atoms with E-state index in [2.05, 4.69) is 31.1 Å². The molecule has 5 nitrogen and oxygen atoms in total.